The van der Waals surface area contributed by atoms with Gasteiger partial charge in [-0.1, -0.05) is 24.3 Å². The van der Waals surface area contributed by atoms with Gasteiger partial charge in [0.05, 0.1) is 6.42 Å². The molecule has 1 N–H and O–H groups in total. The molecule has 1 aliphatic carbocycles. The van der Waals surface area contributed by atoms with Gasteiger partial charge in [-0.05, 0) is 12.1 Å². The van der Waals surface area contributed by atoms with Crippen molar-refractivity contribution < 1.29 is 8.78 Å². The molecule has 76 valence electrons. The average molecular weight is 205 g/mol. The van der Waals surface area contributed by atoms with E-state index in [0.717, 1.165) is 22.5 Å². The van der Waals surface area contributed by atoms with E-state index in [0.29, 0.717) is 5.69 Å². The molecule has 0 saturated heterocycles. The Kier molecular flexibility index (Phi) is 1.55. The van der Waals surface area contributed by atoms with Crippen LogP contribution in [0.25, 0.3) is 17.0 Å². The van der Waals surface area contributed by atoms with Crippen molar-refractivity contribution in [2.45, 2.75) is 12.3 Å². The molecule has 0 atom stereocenters. The summed E-state index contributed by atoms with van der Waals surface area (Å²) in [7, 11) is 0. The van der Waals surface area contributed by atoms with E-state index in [-0.39, 0.29) is 6.42 Å². The molecule has 0 amide bonds. The van der Waals surface area contributed by atoms with Crippen molar-refractivity contribution in [2.75, 3.05) is 0 Å². The Bertz CT molecular complexity index is 552. The number of aromatic nitrogens is 1. The third-order valence-electron chi connectivity index (χ3n) is 2.73. The summed E-state index contributed by atoms with van der Waals surface area (Å²) >= 11 is 0. The standard InChI is InChI=1S/C12H9F2N/c13-12(14)6-5-9-8-3-1-2-4-10(8)15-11(9)7-12/h1-6,15H,7H2. The van der Waals surface area contributed by atoms with E-state index in [2.05, 4.69) is 4.98 Å². The van der Waals surface area contributed by atoms with Gasteiger partial charge in [0.25, 0.3) is 5.92 Å². The lowest BCUT2D eigenvalue weighted by Gasteiger charge is -2.15. The quantitative estimate of drug-likeness (QED) is 0.678. The molecule has 1 aromatic carbocycles. The van der Waals surface area contributed by atoms with Crippen LogP contribution in [0.15, 0.2) is 30.3 Å². The number of benzene rings is 1. The Balaban J connectivity index is 2.28. The third-order valence-corrected chi connectivity index (χ3v) is 2.73. The molecule has 1 heterocycles. The predicted molar refractivity (Wildman–Crippen MR) is 56.0 cm³/mol. The first-order chi connectivity index (χ1) is 7.16. The second-order valence-corrected chi connectivity index (χ2v) is 3.83. The minimum atomic E-state index is -2.71. The van der Waals surface area contributed by atoms with Crippen LogP contribution < -0.4 is 0 Å². The van der Waals surface area contributed by atoms with Gasteiger partial charge in [-0.2, -0.15) is 0 Å². The Morgan fingerprint density at radius 2 is 2.00 bits per heavy atom. The summed E-state index contributed by atoms with van der Waals surface area (Å²) < 4.78 is 26.2. The monoisotopic (exact) mass is 205 g/mol. The summed E-state index contributed by atoms with van der Waals surface area (Å²) in [6.07, 6.45) is 2.26. The Morgan fingerprint density at radius 3 is 2.87 bits per heavy atom. The number of H-pyrrole nitrogens is 1. The molecular weight excluding hydrogens is 196 g/mol. The number of aromatic amines is 1. The fraction of sp³-hybridized carbons (Fsp3) is 0.167. The number of alkyl halides is 2. The minimum absolute atomic E-state index is 0.229. The van der Waals surface area contributed by atoms with E-state index in [4.69, 9.17) is 0 Å². The zero-order valence-electron chi connectivity index (χ0n) is 7.93. The van der Waals surface area contributed by atoms with Crippen LogP contribution >= 0.6 is 0 Å². The van der Waals surface area contributed by atoms with Crippen molar-refractivity contribution in [3.05, 3.63) is 41.6 Å². The van der Waals surface area contributed by atoms with Crippen LogP contribution in [0, 0.1) is 0 Å². The molecule has 0 bridgehead atoms. The van der Waals surface area contributed by atoms with Crippen molar-refractivity contribution in [3.8, 4) is 0 Å². The lowest BCUT2D eigenvalue weighted by molar-refractivity contribution is 0.0544. The first-order valence-corrected chi connectivity index (χ1v) is 4.82. The molecule has 1 nitrogen and oxygen atoms in total. The molecule has 0 saturated carbocycles. The number of hydrogen-bond donors (Lipinski definition) is 1. The van der Waals surface area contributed by atoms with Crippen molar-refractivity contribution in [1.29, 1.82) is 0 Å². The van der Waals surface area contributed by atoms with Gasteiger partial charge in [0.15, 0.2) is 0 Å². The fourth-order valence-corrected chi connectivity index (χ4v) is 2.05. The lowest BCUT2D eigenvalue weighted by atomic mass is 10.00. The minimum Gasteiger partial charge on any atom is -0.358 e. The van der Waals surface area contributed by atoms with Gasteiger partial charge in [-0.15, -0.1) is 0 Å². The highest BCUT2D eigenvalue weighted by Crippen LogP contribution is 2.33. The molecular formula is C12H9F2N. The molecule has 0 radical (unpaired) electrons. The van der Waals surface area contributed by atoms with Crippen LogP contribution in [0.2, 0.25) is 0 Å². The lowest BCUT2D eigenvalue weighted by Crippen LogP contribution is -2.19. The molecule has 0 spiro atoms. The van der Waals surface area contributed by atoms with Gasteiger partial charge >= 0.3 is 0 Å². The largest absolute Gasteiger partial charge is 0.358 e. The number of rotatable bonds is 0. The number of hydrogen-bond acceptors (Lipinski definition) is 0. The van der Waals surface area contributed by atoms with E-state index in [1.165, 1.54) is 6.08 Å². The number of allylic oxidation sites excluding steroid dienone is 1. The number of halogens is 2. The predicted octanol–water partition coefficient (Wildman–Crippen LogP) is 3.37. The molecule has 1 aromatic heterocycles. The van der Waals surface area contributed by atoms with E-state index in [9.17, 15) is 8.78 Å². The first kappa shape index (κ1) is 8.65. The second kappa shape index (κ2) is 2.69. The molecule has 3 rings (SSSR count). The van der Waals surface area contributed by atoms with Crippen LogP contribution in [0.1, 0.15) is 11.3 Å². The van der Waals surface area contributed by atoms with Crippen LogP contribution in [-0.4, -0.2) is 10.9 Å². The van der Waals surface area contributed by atoms with Crippen LogP contribution in [0.5, 0.6) is 0 Å². The Hall–Kier alpha value is -1.64. The van der Waals surface area contributed by atoms with Crippen molar-refractivity contribution in [3.63, 3.8) is 0 Å². The van der Waals surface area contributed by atoms with Gasteiger partial charge < -0.3 is 4.98 Å². The average Bonchev–Trinajstić information content (AvgIpc) is 2.52. The summed E-state index contributed by atoms with van der Waals surface area (Å²) in [5.74, 6) is -2.71. The highest BCUT2D eigenvalue weighted by Gasteiger charge is 2.31. The molecule has 0 fully saturated rings. The fourth-order valence-electron chi connectivity index (χ4n) is 2.05. The molecule has 3 heteroatoms. The summed E-state index contributed by atoms with van der Waals surface area (Å²) in [5.41, 5.74) is 2.45. The maximum absolute atomic E-state index is 13.1. The van der Waals surface area contributed by atoms with E-state index in [1.54, 1.807) is 0 Å². The van der Waals surface area contributed by atoms with E-state index >= 15 is 0 Å². The summed E-state index contributed by atoms with van der Waals surface area (Å²) in [6.45, 7) is 0. The van der Waals surface area contributed by atoms with Gasteiger partial charge in [-0.3, -0.25) is 0 Å². The van der Waals surface area contributed by atoms with E-state index in [1.807, 2.05) is 24.3 Å². The first-order valence-electron chi connectivity index (χ1n) is 4.82. The van der Waals surface area contributed by atoms with Gasteiger partial charge in [0.2, 0.25) is 0 Å². The smallest absolute Gasteiger partial charge is 0.272 e. The third kappa shape index (κ3) is 1.27. The SMILES string of the molecule is FC1(F)C=Cc2c([nH]c3ccccc23)C1. The number of nitrogens with one attached hydrogen (secondary N) is 1. The molecule has 15 heavy (non-hydrogen) atoms. The highest BCUT2D eigenvalue weighted by atomic mass is 19.3. The van der Waals surface area contributed by atoms with Gasteiger partial charge in [-0.25, -0.2) is 8.78 Å². The summed E-state index contributed by atoms with van der Waals surface area (Å²) in [5, 5.41) is 1.01. The molecule has 2 aromatic rings. The number of para-hydroxylation sites is 1. The summed E-state index contributed by atoms with van der Waals surface area (Å²) in [6, 6.07) is 7.65. The maximum Gasteiger partial charge on any atom is 0.272 e. The van der Waals surface area contributed by atoms with Crippen molar-refractivity contribution >= 4 is 17.0 Å². The maximum atomic E-state index is 13.1. The number of fused-ring (bicyclic) bond motifs is 3. The Morgan fingerprint density at radius 1 is 1.20 bits per heavy atom. The second-order valence-electron chi connectivity index (χ2n) is 3.83. The molecule has 1 aliphatic rings. The molecule has 0 aliphatic heterocycles. The van der Waals surface area contributed by atoms with Crippen LogP contribution in [0.3, 0.4) is 0 Å². The van der Waals surface area contributed by atoms with Crippen LogP contribution in [0.4, 0.5) is 8.78 Å². The van der Waals surface area contributed by atoms with Crippen LogP contribution in [-0.2, 0) is 6.42 Å². The topological polar surface area (TPSA) is 15.8 Å². The molecule has 0 unspecified atom stereocenters. The van der Waals surface area contributed by atoms with Crippen molar-refractivity contribution in [1.82, 2.24) is 4.98 Å². The van der Waals surface area contributed by atoms with Gasteiger partial charge in [0.1, 0.15) is 0 Å². The normalized spacial score (nSPS) is 18.0. The zero-order valence-corrected chi connectivity index (χ0v) is 7.93. The highest BCUT2D eigenvalue weighted by molar-refractivity contribution is 5.91. The Labute approximate surface area is 85.4 Å². The summed E-state index contributed by atoms with van der Waals surface area (Å²) in [4.78, 5) is 3.04. The van der Waals surface area contributed by atoms with E-state index < -0.39 is 5.92 Å². The van der Waals surface area contributed by atoms with Gasteiger partial charge in [0, 0.05) is 22.2 Å². The van der Waals surface area contributed by atoms with Crippen molar-refractivity contribution in [2.24, 2.45) is 0 Å². The zero-order chi connectivity index (χ0) is 10.5.